The van der Waals surface area contributed by atoms with Crippen LogP contribution in [0.5, 0.6) is 0 Å². The predicted octanol–water partition coefficient (Wildman–Crippen LogP) is 3.30. The highest BCUT2D eigenvalue weighted by molar-refractivity contribution is 5.95. The van der Waals surface area contributed by atoms with Gasteiger partial charge in [0.1, 0.15) is 0 Å². The Morgan fingerprint density at radius 2 is 1.92 bits per heavy atom. The highest BCUT2D eigenvalue weighted by atomic mass is 16.2. The van der Waals surface area contributed by atoms with Crippen LogP contribution in [-0.4, -0.2) is 19.0 Å². The Hall–Kier alpha value is -2.13. The van der Waals surface area contributed by atoms with Gasteiger partial charge in [-0.25, -0.2) is 0 Å². The van der Waals surface area contributed by atoms with Crippen molar-refractivity contribution in [3.05, 3.63) is 65.2 Å². The van der Waals surface area contributed by atoms with Gasteiger partial charge in [-0.2, -0.15) is 0 Å². The number of hydrogen-bond donors (Lipinski definition) is 2. The summed E-state index contributed by atoms with van der Waals surface area (Å²) in [7, 11) is 0. The van der Waals surface area contributed by atoms with Crippen molar-refractivity contribution in [2.45, 2.75) is 39.7 Å². The Balaban J connectivity index is 1.88. The van der Waals surface area contributed by atoms with Crippen LogP contribution in [0.25, 0.3) is 0 Å². The molecule has 1 saturated heterocycles. The molecule has 2 N–H and O–H groups in total. The van der Waals surface area contributed by atoms with Gasteiger partial charge in [-0.05, 0) is 43.9 Å². The van der Waals surface area contributed by atoms with Crippen molar-refractivity contribution in [2.75, 3.05) is 18.4 Å². The second kappa shape index (κ2) is 7.83. The van der Waals surface area contributed by atoms with Crippen LogP contribution in [0, 0.1) is 19.8 Å². The Kier molecular flexibility index (Phi) is 5.54. The lowest BCUT2D eigenvalue weighted by molar-refractivity contribution is -0.929. The van der Waals surface area contributed by atoms with Crippen molar-refractivity contribution in [1.29, 1.82) is 0 Å². The van der Waals surface area contributed by atoms with E-state index in [4.69, 9.17) is 0 Å². The van der Waals surface area contributed by atoms with Crippen LogP contribution in [0.4, 0.5) is 5.69 Å². The molecule has 1 aliphatic rings. The highest BCUT2D eigenvalue weighted by Gasteiger charge is 2.34. The topological polar surface area (TPSA) is 33.5 Å². The van der Waals surface area contributed by atoms with Gasteiger partial charge in [0.05, 0.1) is 13.1 Å². The third-order valence-corrected chi connectivity index (χ3v) is 5.26. The molecule has 1 unspecified atom stereocenters. The summed E-state index contributed by atoms with van der Waals surface area (Å²) in [4.78, 5) is 14.6. The smallest absolute Gasteiger partial charge is 0.287 e. The number of aryl methyl sites for hydroxylation is 2. The maximum Gasteiger partial charge on any atom is 0.287 e. The number of rotatable bonds is 4. The SMILES string of the molecule is Cc1ccc(C)c(NC(=O)[C@H](c2ccccc2)[NH+]2CCC[C@H](C)C2)c1. The van der Waals surface area contributed by atoms with Gasteiger partial charge in [-0.15, -0.1) is 0 Å². The lowest BCUT2D eigenvalue weighted by atomic mass is 9.95. The van der Waals surface area contributed by atoms with Crippen LogP contribution < -0.4 is 10.2 Å². The van der Waals surface area contributed by atoms with Crippen molar-refractivity contribution >= 4 is 11.6 Å². The minimum absolute atomic E-state index is 0.101. The van der Waals surface area contributed by atoms with Crippen molar-refractivity contribution < 1.29 is 9.69 Å². The molecule has 1 amide bonds. The molecule has 2 aromatic rings. The van der Waals surface area contributed by atoms with E-state index < -0.39 is 0 Å². The van der Waals surface area contributed by atoms with Crippen molar-refractivity contribution in [3.63, 3.8) is 0 Å². The van der Waals surface area contributed by atoms with E-state index in [0.717, 1.165) is 35.5 Å². The molecule has 0 spiro atoms. The predicted molar refractivity (Wildman–Crippen MR) is 103 cm³/mol. The van der Waals surface area contributed by atoms with Gasteiger partial charge in [-0.3, -0.25) is 4.79 Å². The van der Waals surface area contributed by atoms with Crippen LogP contribution in [0.15, 0.2) is 48.5 Å². The molecule has 3 nitrogen and oxygen atoms in total. The number of amides is 1. The number of benzene rings is 2. The minimum atomic E-state index is -0.149. The highest BCUT2D eigenvalue weighted by Crippen LogP contribution is 2.20. The second-order valence-corrected chi connectivity index (χ2v) is 7.51. The zero-order chi connectivity index (χ0) is 17.8. The van der Waals surface area contributed by atoms with Crippen molar-refractivity contribution in [3.8, 4) is 0 Å². The molecule has 0 aromatic heterocycles. The van der Waals surface area contributed by atoms with Crippen LogP contribution in [0.1, 0.15) is 42.5 Å². The molecule has 132 valence electrons. The van der Waals surface area contributed by atoms with Crippen molar-refractivity contribution in [1.82, 2.24) is 0 Å². The monoisotopic (exact) mass is 337 g/mol. The molecule has 0 aliphatic carbocycles. The molecule has 0 bridgehead atoms. The van der Waals surface area contributed by atoms with E-state index >= 15 is 0 Å². The van der Waals surface area contributed by atoms with E-state index in [-0.39, 0.29) is 11.9 Å². The molecule has 3 atom stereocenters. The minimum Gasteiger partial charge on any atom is -0.321 e. The molecule has 1 fully saturated rings. The van der Waals surface area contributed by atoms with Crippen LogP contribution in [0.2, 0.25) is 0 Å². The average molecular weight is 337 g/mol. The molecule has 3 heteroatoms. The molecule has 1 heterocycles. The largest absolute Gasteiger partial charge is 0.321 e. The Morgan fingerprint density at radius 1 is 1.16 bits per heavy atom. The fraction of sp³-hybridized carbons (Fsp3) is 0.409. The maximum absolute atomic E-state index is 13.3. The standard InChI is InChI=1S/C22H28N2O/c1-16-11-12-18(3)20(14-16)23-22(25)21(19-9-5-4-6-10-19)24-13-7-8-17(2)15-24/h4-6,9-12,14,17,21H,7-8,13,15H2,1-3H3,(H,23,25)/p+1/t17-,21-/m0/s1. The Morgan fingerprint density at radius 3 is 2.64 bits per heavy atom. The molecule has 3 rings (SSSR count). The number of piperidine rings is 1. The van der Waals surface area contributed by atoms with E-state index in [1.807, 2.05) is 25.1 Å². The number of nitrogens with one attached hydrogen (secondary N) is 2. The van der Waals surface area contributed by atoms with Gasteiger partial charge in [0.25, 0.3) is 5.91 Å². The quantitative estimate of drug-likeness (QED) is 0.882. The zero-order valence-corrected chi connectivity index (χ0v) is 15.5. The van der Waals surface area contributed by atoms with E-state index in [1.54, 1.807) is 0 Å². The first kappa shape index (κ1) is 17.7. The van der Waals surface area contributed by atoms with Crippen LogP contribution >= 0.6 is 0 Å². The van der Waals surface area contributed by atoms with Crippen molar-refractivity contribution in [2.24, 2.45) is 5.92 Å². The van der Waals surface area contributed by atoms with Crippen LogP contribution in [-0.2, 0) is 4.79 Å². The van der Waals surface area contributed by atoms with Gasteiger partial charge in [0, 0.05) is 17.2 Å². The first-order valence-corrected chi connectivity index (χ1v) is 9.32. The fourth-order valence-corrected chi connectivity index (χ4v) is 3.88. The lowest BCUT2D eigenvalue weighted by Gasteiger charge is -2.33. The number of quaternary nitrogens is 1. The first-order chi connectivity index (χ1) is 12.0. The van der Waals surface area contributed by atoms with Crippen LogP contribution in [0.3, 0.4) is 0 Å². The van der Waals surface area contributed by atoms with Gasteiger partial charge in [-0.1, -0.05) is 49.4 Å². The Labute approximate surface area is 151 Å². The normalized spacial score (nSPS) is 21.6. The molecule has 1 aliphatic heterocycles. The summed E-state index contributed by atoms with van der Waals surface area (Å²) in [5, 5.41) is 3.20. The van der Waals surface area contributed by atoms with E-state index in [1.165, 1.54) is 17.7 Å². The van der Waals surface area contributed by atoms with E-state index in [2.05, 4.69) is 49.5 Å². The van der Waals surface area contributed by atoms with Gasteiger partial charge >= 0.3 is 0 Å². The summed E-state index contributed by atoms with van der Waals surface area (Å²) in [5.41, 5.74) is 4.30. The van der Waals surface area contributed by atoms with Gasteiger partial charge in [0.2, 0.25) is 0 Å². The second-order valence-electron chi connectivity index (χ2n) is 7.51. The summed E-state index contributed by atoms with van der Waals surface area (Å²) < 4.78 is 0. The van der Waals surface area contributed by atoms with Gasteiger partial charge in [0.15, 0.2) is 6.04 Å². The third-order valence-electron chi connectivity index (χ3n) is 5.26. The maximum atomic E-state index is 13.3. The summed E-state index contributed by atoms with van der Waals surface area (Å²) in [6.07, 6.45) is 2.46. The zero-order valence-electron chi connectivity index (χ0n) is 15.5. The number of anilines is 1. The summed E-state index contributed by atoms with van der Waals surface area (Å²) >= 11 is 0. The first-order valence-electron chi connectivity index (χ1n) is 9.32. The summed E-state index contributed by atoms with van der Waals surface area (Å²) in [6.45, 7) is 8.51. The molecular weight excluding hydrogens is 308 g/mol. The Bertz CT molecular complexity index is 726. The number of carbonyl (C=O) groups is 1. The van der Waals surface area contributed by atoms with E-state index in [9.17, 15) is 4.79 Å². The molecule has 0 radical (unpaired) electrons. The van der Waals surface area contributed by atoms with E-state index in [0.29, 0.717) is 5.92 Å². The number of hydrogen-bond acceptors (Lipinski definition) is 1. The summed E-state index contributed by atoms with van der Waals surface area (Å²) in [5.74, 6) is 0.771. The third kappa shape index (κ3) is 4.29. The summed E-state index contributed by atoms with van der Waals surface area (Å²) in [6, 6.07) is 16.3. The number of carbonyl (C=O) groups excluding carboxylic acids is 1. The molecular formula is C22H29N2O+. The van der Waals surface area contributed by atoms with Gasteiger partial charge < -0.3 is 10.2 Å². The molecule has 0 saturated carbocycles. The average Bonchev–Trinajstić information content (AvgIpc) is 2.59. The lowest BCUT2D eigenvalue weighted by Crippen LogP contribution is -3.14. The molecule has 2 aromatic carbocycles. The molecule has 25 heavy (non-hydrogen) atoms. The fourth-order valence-electron chi connectivity index (χ4n) is 3.88. The number of likely N-dealkylation sites (tertiary alicyclic amines) is 1.